The van der Waals surface area contributed by atoms with Crippen LogP contribution in [-0.2, 0) is 24.4 Å². The maximum atomic E-state index is 12.6. The molecule has 6 nitrogen and oxygen atoms in total. The number of carbonyl (C=O) groups is 1. The fourth-order valence-electron chi connectivity index (χ4n) is 2.74. The molecule has 1 aromatic heterocycles. The average Bonchev–Trinajstić information content (AvgIpc) is 2.99. The number of likely N-dealkylation sites (N-methyl/N-ethyl adjacent to an activating group) is 2. The van der Waals surface area contributed by atoms with Crippen LogP contribution in [0, 0.1) is 0 Å². The smallest absolute Gasteiger partial charge is 0.378 e. The van der Waals surface area contributed by atoms with Crippen LogP contribution in [0.4, 0.5) is 18.9 Å². The van der Waals surface area contributed by atoms with Crippen molar-refractivity contribution in [3.63, 3.8) is 0 Å². The van der Waals surface area contributed by atoms with E-state index >= 15 is 0 Å². The minimum Gasteiger partial charge on any atom is -0.378 e. The lowest BCUT2D eigenvalue weighted by Gasteiger charge is -2.22. The van der Waals surface area contributed by atoms with E-state index in [-0.39, 0.29) is 24.8 Å². The highest BCUT2D eigenvalue weighted by molar-refractivity contribution is 5.78. The summed E-state index contributed by atoms with van der Waals surface area (Å²) in [6.45, 7) is -0.388. The fraction of sp³-hybridized carbons (Fsp3) is 0.474. The quantitative estimate of drug-likeness (QED) is 0.687. The van der Waals surface area contributed by atoms with Gasteiger partial charge in [-0.1, -0.05) is 12.1 Å². The van der Waals surface area contributed by atoms with Gasteiger partial charge in [-0.25, -0.2) is 4.98 Å². The Morgan fingerprint density at radius 3 is 2.29 bits per heavy atom. The Kier molecular flexibility index (Phi) is 7.06. The van der Waals surface area contributed by atoms with Crippen molar-refractivity contribution in [3.05, 3.63) is 48.0 Å². The minimum atomic E-state index is -4.31. The van der Waals surface area contributed by atoms with E-state index in [1.807, 2.05) is 43.3 Å². The number of hydrogen-bond acceptors (Lipinski definition) is 4. The Balaban J connectivity index is 1.89. The summed E-state index contributed by atoms with van der Waals surface area (Å²) in [6, 6.07) is 7.91. The highest BCUT2D eigenvalue weighted by atomic mass is 19.4. The topological polar surface area (TPSA) is 44.6 Å². The first kappa shape index (κ1) is 21.7. The molecule has 0 fully saturated rings. The predicted molar refractivity (Wildman–Crippen MR) is 102 cm³/mol. The number of amides is 1. The van der Waals surface area contributed by atoms with Gasteiger partial charge in [0, 0.05) is 45.8 Å². The third kappa shape index (κ3) is 6.56. The molecule has 0 aliphatic heterocycles. The normalized spacial score (nSPS) is 11.7. The highest BCUT2D eigenvalue weighted by Gasteiger charge is 2.29. The SMILES string of the molecule is CN(CC(=O)N(C)Cc1ccc(N(C)C)cc1)Cc1nccn1CC(F)(F)F. The average molecular weight is 397 g/mol. The molecule has 1 heterocycles. The van der Waals surface area contributed by atoms with Crippen LogP contribution >= 0.6 is 0 Å². The third-order valence-electron chi connectivity index (χ3n) is 4.27. The summed E-state index contributed by atoms with van der Waals surface area (Å²) in [7, 11) is 7.31. The van der Waals surface area contributed by atoms with Crippen molar-refractivity contribution in [2.75, 3.05) is 39.6 Å². The molecular formula is C19H26F3N5O. The molecule has 0 spiro atoms. The molecule has 1 amide bonds. The zero-order valence-electron chi connectivity index (χ0n) is 16.6. The van der Waals surface area contributed by atoms with E-state index in [4.69, 9.17) is 0 Å². The lowest BCUT2D eigenvalue weighted by molar-refractivity contribution is -0.141. The highest BCUT2D eigenvalue weighted by Crippen LogP contribution is 2.18. The molecule has 2 aromatic rings. The van der Waals surface area contributed by atoms with Crippen LogP contribution in [0.5, 0.6) is 0 Å². The van der Waals surface area contributed by atoms with Gasteiger partial charge in [0.25, 0.3) is 0 Å². The largest absolute Gasteiger partial charge is 0.406 e. The van der Waals surface area contributed by atoms with E-state index in [9.17, 15) is 18.0 Å². The monoisotopic (exact) mass is 397 g/mol. The number of rotatable bonds is 8. The minimum absolute atomic E-state index is 0.0885. The first-order valence-corrected chi connectivity index (χ1v) is 8.80. The van der Waals surface area contributed by atoms with E-state index < -0.39 is 12.7 Å². The van der Waals surface area contributed by atoms with Crippen molar-refractivity contribution in [1.29, 1.82) is 0 Å². The molecule has 0 bridgehead atoms. The van der Waals surface area contributed by atoms with Gasteiger partial charge < -0.3 is 14.4 Å². The number of halogens is 3. The molecule has 0 saturated carbocycles. The summed E-state index contributed by atoms with van der Waals surface area (Å²) >= 11 is 0. The molecule has 28 heavy (non-hydrogen) atoms. The molecule has 9 heteroatoms. The van der Waals surface area contributed by atoms with Crippen LogP contribution in [0.1, 0.15) is 11.4 Å². The number of nitrogens with zero attached hydrogens (tertiary/aromatic N) is 5. The van der Waals surface area contributed by atoms with Crippen molar-refractivity contribution < 1.29 is 18.0 Å². The first-order chi connectivity index (χ1) is 13.0. The predicted octanol–water partition coefficient (Wildman–Crippen LogP) is 2.60. The zero-order chi connectivity index (χ0) is 20.9. The summed E-state index contributed by atoms with van der Waals surface area (Å²) in [5.74, 6) is 0.155. The van der Waals surface area contributed by atoms with Gasteiger partial charge in [-0.05, 0) is 24.7 Å². The fourth-order valence-corrected chi connectivity index (χ4v) is 2.74. The van der Waals surface area contributed by atoms with Gasteiger partial charge in [-0.2, -0.15) is 13.2 Å². The molecule has 0 atom stereocenters. The van der Waals surface area contributed by atoms with Crippen molar-refractivity contribution in [2.24, 2.45) is 0 Å². The summed E-state index contributed by atoms with van der Waals surface area (Å²) in [4.78, 5) is 21.7. The van der Waals surface area contributed by atoms with Gasteiger partial charge in [-0.3, -0.25) is 9.69 Å². The van der Waals surface area contributed by atoms with Gasteiger partial charge in [-0.15, -0.1) is 0 Å². The number of alkyl halides is 3. The van der Waals surface area contributed by atoms with Crippen LogP contribution < -0.4 is 4.90 Å². The van der Waals surface area contributed by atoms with Gasteiger partial charge in [0.05, 0.1) is 13.1 Å². The van der Waals surface area contributed by atoms with Crippen molar-refractivity contribution in [1.82, 2.24) is 19.4 Å². The van der Waals surface area contributed by atoms with E-state index in [1.165, 1.54) is 12.4 Å². The summed E-state index contributed by atoms with van der Waals surface area (Å²) in [5, 5.41) is 0. The van der Waals surface area contributed by atoms with E-state index in [2.05, 4.69) is 4.98 Å². The maximum absolute atomic E-state index is 12.6. The van der Waals surface area contributed by atoms with Crippen LogP contribution in [-0.4, -0.2) is 66.2 Å². The standard InChI is InChI=1S/C19H26F3N5O/c1-24(2)16-7-5-15(6-8-16)11-26(4)18(28)13-25(3)12-17-23-9-10-27(17)14-19(20,21)22/h5-10H,11-14H2,1-4H3. The molecule has 0 unspecified atom stereocenters. The number of anilines is 1. The lowest BCUT2D eigenvalue weighted by Crippen LogP contribution is -2.36. The number of hydrogen-bond donors (Lipinski definition) is 0. The summed E-state index contributed by atoms with van der Waals surface area (Å²) in [6.07, 6.45) is -1.69. The summed E-state index contributed by atoms with van der Waals surface area (Å²) < 4.78 is 38.9. The van der Waals surface area contributed by atoms with Crippen LogP contribution in [0.2, 0.25) is 0 Å². The van der Waals surface area contributed by atoms with E-state index in [0.29, 0.717) is 6.54 Å². The Hall–Kier alpha value is -2.55. The van der Waals surface area contributed by atoms with Crippen molar-refractivity contribution in [3.8, 4) is 0 Å². The second kappa shape index (κ2) is 9.09. The first-order valence-electron chi connectivity index (χ1n) is 8.80. The second-order valence-electron chi connectivity index (χ2n) is 7.07. The molecule has 0 saturated heterocycles. The Labute approximate surface area is 163 Å². The molecule has 0 N–H and O–H groups in total. The van der Waals surface area contributed by atoms with Crippen LogP contribution in [0.15, 0.2) is 36.7 Å². The number of imidazole rings is 1. The van der Waals surface area contributed by atoms with E-state index in [1.54, 1.807) is 23.9 Å². The van der Waals surface area contributed by atoms with Gasteiger partial charge in [0.1, 0.15) is 12.4 Å². The molecule has 0 aliphatic carbocycles. The van der Waals surface area contributed by atoms with Gasteiger partial charge in [0.2, 0.25) is 5.91 Å². The number of carbonyl (C=O) groups excluding carboxylic acids is 1. The molecular weight excluding hydrogens is 371 g/mol. The Morgan fingerprint density at radius 1 is 1.07 bits per heavy atom. The van der Waals surface area contributed by atoms with E-state index in [0.717, 1.165) is 15.8 Å². The van der Waals surface area contributed by atoms with Gasteiger partial charge >= 0.3 is 6.18 Å². The van der Waals surface area contributed by atoms with Crippen LogP contribution in [0.3, 0.4) is 0 Å². The summed E-state index contributed by atoms with van der Waals surface area (Å²) in [5.41, 5.74) is 2.08. The third-order valence-corrected chi connectivity index (χ3v) is 4.27. The number of aromatic nitrogens is 2. The number of benzene rings is 1. The molecule has 0 aliphatic rings. The van der Waals surface area contributed by atoms with Gasteiger partial charge in [0.15, 0.2) is 0 Å². The lowest BCUT2D eigenvalue weighted by atomic mass is 10.2. The maximum Gasteiger partial charge on any atom is 0.406 e. The zero-order valence-corrected chi connectivity index (χ0v) is 16.6. The van der Waals surface area contributed by atoms with Crippen LogP contribution in [0.25, 0.3) is 0 Å². The Bertz CT molecular complexity index is 771. The van der Waals surface area contributed by atoms with Crippen molar-refractivity contribution >= 4 is 11.6 Å². The molecule has 1 aromatic carbocycles. The molecule has 154 valence electrons. The Morgan fingerprint density at radius 2 is 1.71 bits per heavy atom. The molecule has 0 radical (unpaired) electrons. The molecule has 2 rings (SSSR count). The second-order valence-corrected chi connectivity index (χ2v) is 7.07. The van der Waals surface area contributed by atoms with Crippen molar-refractivity contribution in [2.45, 2.75) is 25.8 Å².